The van der Waals surface area contributed by atoms with Gasteiger partial charge in [0.15, 0.2) is 0 Å². The normalized spacial score (nSPS) is 17.4. The minimum atomic E-state index is -0.317. The van der Waals surface area contributed by atoms with E-state index in [1.807, 2.05) is 12.1 Å². The van der Waals surface area contributed by atoms with E-state index in [4.69, 9.17) is 0 Å². The van der Waals surface area contributed by atoms with Gasteiger partial charge in [-0.3, -0.25) is 0 Å². The molecule has 1 fully saturated rings. The summed E-state index contributed by atoms with van der Waals surface area (Å²) in [7, 11) is 0. The highest BCUT2D eigenvalue weighted by Crippen LogP contribution is 2.27. The molecule has 94 valence electrons. The molecule has 0 bridgehead atoms. The molecule has 0 aromatic heterocycles. The maximum absolute atomic E-state index is 10.2. The third-order valence-corrected chi connectivity index (χ3v) is 3.59. The van der Waals surface area contributed by atoms with Gasteiger partial charge in [0.2, 0.25) is 0 Å². The third-order valence-electron chi connectivity index (χ3n) is 3.59. The second-order valence-electron chi connectivity index (χ2n) is 5.08. The van der Waals surface area contributed by atoms with Gasteiger partial charge in [-0.05, 0) is 38.3 Å². The highest BCUT2D eigenvalue weighted by Gasteiger charge is 2.27. The number of aryl methyl sites for hydroxylation is 1. The molecule has 0 amide bonds. The van der Waals surface area contributed by atoms with E-state index < -0.39 is 0 Å². The number of benzene rings is 1. The fourth-order valence-electron chi connectivity index (χ4n) is 2.37. The van der Waals surface area contributed by atoms with Gasteiger partial charge in [0, 0.05) is 12.6 Å². The van der Waals surface area contributed by atoms with Gasteiger partial charge < -0.3 is 10.0 Å². The van der Waals surface area contributed by atoms with Gasteiger partial charge in [0.1, 0.15) is 0 Å². The minimum absolute atomic E-state index is 0.317. The van der Waals surface area contributed by atoms with Crippen LogP contribution in [0.15, 0.2) is 24.3 Å². The van der Waals surface area contributed by atoms with Crippen molar-refractivity contribution in [2.75, 3.05) is 13.1 Å². The van der Waals surface area contributed by atoms with E-state index in [0.717, 1.165) is 31.1 Å². The number of rotatable bonds is 6. The molecule has 0 radical (unpaired) electrons. The Balaban J connectivity index is 1.85. The summed E-state index contributed by atoms with van der Waals surface area (Å²) in [5, 5.41) is 10.2. The smallest absolute Gasteiger partial charge is 0.0802 e. The molecule has 0 saturated heterocycles. The molecule has 0 heterocycles. The molecule has 17 heavy (non-hydrogen) atoms. The lowest BCUT2D eigenvalue weighted by Gasteiger charge is -2.21. The van der Waals surface area contributed by atoms with Crippen LogP contribution in [0.3, 0.4) is 0 Å². The average molecular weight is 233 g/mol. The summed E-state index contributed by atoms with van der Waals surface area (Å²) in [6.07, 6.45) is 3.21. The maximum Gasteiger partial charge on any atom is 0.0802 e. The fourth-order valence-corrected chi connectivity index (χ4v) is 2.37. The lowest BCUT2D eigenvalue weighted by Crippen LogP contribution is -2.27. The van der Waals surface area contributed by atoms with E-state index in [1.54, 1.807) is 0 Å². The second-order valence-corrected chi connectivity index (χ2v) is 5.08. The average Bonchev–Trinajstić information content (AvgIpc) is 3.14. The molecule has 1 saturated carbocycles. The van der Waals surface area contributed by atoms with Crippen LogP contribution in [-0.2, 0) is 0 Å². The zero-order valence-corrected chi connectivity index (χ0v) is 10.9. The predicted molar refractivity (Wildman–Crippen MR) is 71.0 cm³/mol. The van der Waals surface area contributed by atoms with Crippen molar-refractivity contribution < 1.29 is 5.11 Å². The van der Waals surface area contributed by atoms with Crippen LogP contribution in [0.25, 0.3) is 0 Å². The Kier molecular flexibility index (Phi) is 4.19. The molecule has 1 aliphatic carbocycles. The van der Waals surface area contributed by atoms with Crippen molar-refractivity contribution in [1.82, 2.24) is 4.90 Å². The Morgan fingerprint density at radius 1 is 1.41 bits per heavy atom. The lowest BCUT2D eigenvalue weighted by molar-refractivity contribution is 0.141. The topological polar surface area (TPSA) is 23.5 Å². The summed E-state index contributed by atoms with van der Waals surface area (Å²) in [5.41, 5.74) is 2.27. The van der Waals surface area contributed by atoms with Crippen LogP contribution >= 0.6 is 0 Å². The maximum atomic E-state index is 10.2. The molecule has 2 heteroatoms. The second kappa shape index (κ2) is 5.65. The van der Waals surface area contributed by atoms with E-state index in [1.165, 1.54) is 18.4 Å². The quantitative estimate of drug-likeness (QED) is 0.816. The number of aliphatic hydroxyl groups excluding tert-OH is 1. The van der Waals surface area contributed by atoms with Crippen LogP contribution in [0, 0.1) is 6.92 Å². The summed E-state index contributed by atoms with van der Waals surface area (Å²) in [5.74, 6) is 0. The van der Waals surface area contributed by atoms with E-state index in [-0.39, 0.29) is 6.10 Å². The Morgan fingerprint density at radius 2 is 2.18 bits per heavy atom. The van der Waals surface area contributed by atoms with Gasteiger partial charge in [0.25, 0.3) is 0 Å². The van der Waals surface area contributed by atoms with Crippen molar-refractivity contribution >= 4 is 0 Å². The van der Waals surface area contributed by atoms with E-state index in [0.29, 0.717) is 0 Å². The minimum Gasteiger partial charge on any atom is -0.388 e. The van der Waals surface area contributed by atoms with Crippen molar-refractivity contribution in [3.63, 3.8) is 0 Å². The first-order valence-electron chi connectivity index (χ1n) is 6.69. The van der Waals surface area contributed by atoms with E-state index >= 15 is 0 Å². The van der Waals surface area contributed by atoms with Crippen molar-refractivity contribution in [2.45, 2.75) is 45.3 Å². The SMILES string of the molecule is CCN(CCC(O)c1cccc(C)c1)C1CC1. The first kappa shape index (κ1) is 12.6. The van der Waals surface area contributed by atoms with Crippen molar-refractivity contribution in [3.05, 3.63) is 35.4 Å². The summed E-state index contributed by atoms with van der Waals surface area (Å²) < 4.78 is 0. The standard InChI is InChI=1S/C15H23NO/c1-3-16(14-7-8-14)10-9-15(17)13-6-4-5-12(2)11-13/h4-6,11,14-15,17H,3,7-10H2,1-2H3. The van der Waals surface area contributed by atoms with Gasteiger partial charge in [-0.15, -0.1) is 0 Å². The van der Waals surface area contributed by atoms with Crippen molar-refractivity contribution in [3.8, 4) is 0 Å². The van der Waals surface area contributed by atoms with Gasteiger partial charge >= 0.3 is 0 Å². The van der Waals surface area contributed by atoms with Crippen molar-refractivity contribution in [2.24, 2.45) is 0 Å². The monoisotopic (exact) mass is 233 g/mol. The van der Waals surface area contributed by atoms with E-state index in [2.05, 4.69) is 30.9 Å². The molecule has 0 spiro atoms. The van der Waals surface area contributed by atoms with Gasteiger partial charge in [-0.1, -0.05) is 36.8 Å². The zero-order chi connectivity index (χ0) is 12.3. The summed E-state index contributed by atoms with van der Waals surface area (Å²) in [6, 6.07) is 8.98. The largest absolute Gasteiger partial charge is 0.388 e. The first-order valence-corrected chi connectivity index (χ1v) is 6.69. The molecule has 1 aromatic carbocycles. The van der Waals surface area contributed by atoms with Gasteiger partial charge in [0.05, 0.1) is 6.10 Å². The highest BCUT2D eigenvalue weighted by molar-refractivity contribution is 5.23. The van der Waals surface area contributed by atoms with Crippen molar-refractivity contribution in [1.29, 1.82) is 0 Å². The lowest BCUT2D eigenvalue weighted by atomic mass is 10.0. The predicted octanol–water partition coefficient (Wildman–Crippen LogP) is 2.90. The highest BCUT2D eigenvalue weighted by atomic mass is 16.3. The molecule has 1 aromatic rings. The molecule has 2 nitrogen and oxygen atoms in total. The molecular weight excluding hydrogens is 210 g/mol. The Labute approximate surface area is 104 Å². The number of nitrogens with zero attached hydrogens (tertiary/aromatic N) is 1. The van der Waals surface area contributed by atoms with Crippen LogP contribution in [0.1, 0.15) is 43.4 Å². The summed E-state index contributed by atoms with van der Waals surface area (Å²) in [4.78, 5) is 2.49. The number of hydrogen-bond acceptors (Lipinski definition) is 2. The summed E-state index contributed by atoms with van der Waals surface area (Å²) >= 11 is 0. The third kappa shape index (κ3) is 3.55. The van der Waals surface area contributed by atoms with E-state index in [9.17, 15) is 5.11 Å². The first-order chi connectivity index (χ1) is 8.20. The molecule has 2 rings (SSSR count). The van der Waals surface area contributed by atoms with Crippen LogP contribution in [0.2, 0.25) is 0 Å². The Bertz CT molecular complexity index is 360. The molecule has 1 atom stereocenters. The van der Waals surface area contributed by atoms with Gasteiger partial charge in [-0.25, -0.2) is 0 Å². The number of aliphatic hydroxyl groups is 1. The molecular formula is C15H23NO. The molecule has 0 aliphatic heterocycles. The Morgan fingerprint density at radius 3 is 2.76 bits per heavy atom. The van der Waals surface area contributed by atoms with Gasteiger partial charge in [-0.2, -0.15) is 0 Å². The molecule has 1 aliphatic rings. The zero-order valence-electron chi connectivity index (χ0n) is 10.9. The van der Waals surface area contributed by atoms with Crippen LogP contribution in [0.4, 0.5) is 0 Å². The molecule has 1 unspecified atom stereocenters. The van der Waals surface area contributed by atoms with Crippen LogP contribution in [0.5, 0.6) is 0 Å². The number of hydrogen-bond donors (Lipinski definition) is 1. The van der Waals surface area contributed by atoms with Crippen LogP contribution < -0.4 is 0 Å². The molecule has 1 N–H and O–H groups in total. The van der Waals surface area contributed by atoms with Crippen LogP contribution in [-0.4, -0.2) is 29.1 Å². The fraction of sp³-hybridized carbons (Fsp3) is 0.600. The summed E-state index contributed by atoms with van der Waals surface area (Å²) in [6.45, 7) is 6.39. The Hall–Kier alpha value is -0.860.